The third-order valence-electron chi connectivity index (χ3n) is 3.95. The van der Waals surface area contributed by atoms with Crippen LogP contribution in [0.1, 0.15) is 23.3 Å². The predicted molar refractivity (Wildman–Crippen MR) is 91.6 cm³/mol. The number of anilines is 1. The van der Waals surface area contributed by atoms with E-state index in [9.17, 15) is 0 Å². The smallest absolute Gasteiger partial charge is 0.198 e. The van der Waals surface area contributed by atoms with Crippen LogP contribution in [0.5, 0.6) is 0 Å². The van der Waals surface area contributed by atoms with E-state index in [1.165, 1.54) is 16.1 Å². The highest BCUT2D eigenvalue weighted by Gasteiger charge is 2.22. The van der Waals surface area contributed by atoms with E-state index < -0.39 is 0 Å². The van der Waals surface area contributed by atoms with Gasteiger partial charge in [-0.3, -0.25) is 4.99 Å². The first-order chi connectivity index (χ1) is 10.3. The average Bonchev–Trinajstić information content (AvgIpc) is 3.17. The molecule has 3 rings (SSSR count). The molecule has 1 aliphatic rings. The van der Waals surface area contributed by atoms with Crippen molar-refractivity contribution in [3.05, 3.63) is 52.2 Å². The summed E-state index contributed by atoms with van der Waals surface area (Å²) in [6.45, 7) is 4.17. The molecular weight excluding hydrogens is 278 g/mol. The molecule has 4 heteroatoms. The van der Waals surface area contributed by atoms with Crippen LogP contribution in [0.2, 0.25) is 0 Å². The van der Waals surface area contributed by atoms with Gasteiger partial charge in [0.25, 0.3) is 0 Å². The van der Waals surface area contributed by atoms with Gasteiger partial charge in [-0.1, -0.05) is 31.2 Å². The van der Waals surface area contributed by atoms with Crippen molar-refractivity contribution in [3.8, 4) is 0 Å². The Morgan fingerprint density at radius 1 is 1.33 bits per heavy atom. The summed E-state index contributed by atoms with van der Waals surface area (Å²) in [6.07, 6.45) is 1.09. The van der Waals surface area contributed by atoms with Crippen LogP contribution in [0.4, 0.5) is 5.69 Å². The average molecular weight is 299 g/mol. The minimum atomic E-state index is 0.500. The van der Waals surface area contributed by atoms with Gasteiger partial charge < -0.3 is 10.2 Å². The maximum absolute atomic E-state index is 4.46. The number of guanidine groups is 1. The maximum Gasteiger partial charge on any atom is 0.198 e. The second-order valence-corrected chi connectivity index (χ2v) is 6.35. The van der Waals surface area contributed by atoms with E-state index in [4.69, 9.17) is 0 Å². The van der Waals surface area contributed by atoms with E-state index in [1.54, 1.807) is 0 Å². The lowest BCUT2D eigenvalue weighted by Crippen LogP contribution is -2.41. The summed E-state index contributed by atoms with van der Waals surface area (Å²) in [4.78, 5) is 8.16. The zero-order valence-electron chi connectivity index (χ0n) is 12.5. The van der Waals surface area contributed by atoms with Crippen LogP contribution >= 0.6 is 11.3 Å². The highest BCUT2D eigenvalue weighted by molar-refractivity contribution is 7.10. The van der Waals surface area contributed by atoms with Crippen molar-refractivity contribution in [2.45, 2.75) is 19.3 Å². The van der Waals surface area contributed by atoms with Gasteiger partial charge in [0.2, 0.25) is 0 Å². The first-order valence-electron chi connectivity index (χ1n) is 7.39. The minimum absolute atomic E-state index is 0.500. The van der Waals surface area contributed by atoms with Crippen molar-refractivity contribution in [2.75, 3.05) is 25.0 Å². The van der Waals surface area contributed by atoms with Gasteiger partial charge in [-0.2, -0.15) is 0 Å². The fraction of sp³-hybridized carbons (Fsp3) is 0.353. The van der Waals surface area contributed by atoms with Gasteiger partial charge in [0.05, 0.1) is 0 Å². The highest BCUT2D eigenvalue weighted by Crippen LogP contribution is 2.27. The molecule has 21 heavy (non-hydrogen) atoms. The molecule has 0 radical (unpaired) electrons. The van der Waals surface area contributed by atoms with Crippen molar-refractivity contribution >= 4 is 23.0 Å². The SMILES string of the molecule is CN=C(NCC(C)c1cccs1)N1CCc2ccccc21. The topological polar surface area (TPSA) is 27.6 Å². The second kappa shape index (κ2) is 6.31. The minimum Gasteiger partial charge on any atom is -0.355 e. The summed E-state index contributed by atoms with van der Waals surface area (Å²) in [5.74, 6) is 1.47. The lowest BCUT2D eigenvalue weighted by Gasteiger charge is -2.23. The summed E-state index contributed by atoms with van der Waals surface area (Å²) in [7, 11) is 1.86. The van der Waals surface area contributed by atoms with Gasteiger partial charge >= 0.3 is 0 Å². The van der Waals surface area contributed by atoms with Crippen LogP contribution in [-0.4, -0.2) is 26.1 Å². The van der Waals surface area contributed by atoms with Crippen LogP contribution in [0.15, 0.2) is 46.8 Å². The third-order valence-corrected chi connectivity index (χ3v) is 5.05. The number of hydrogen-bond donors (Lipinski definition) is 1. The molecular formula is C17H21N3S. The Kier molecular flexibility index (Phi) is 4.25. The van der Waals surface area contributed by atoms with Gasteiger partial charge in [-0.05, 0) is 29.5 Å². The molecule has 0 fully saturated rings. The zero-order valence-corrected chi connectivity index (χ0v) is 13.4. The quantitative estimate of drug-likeness (QED) is 0.694. The van der Waals surface area contributed by atoms with E-state index in [0.717, 1.165) is 25.5 Å². The lowest BCUT2D eigenvalue weighted by molar-refractivity contribution is 0.722. The molecule has 0 saturated heterocycles. The lowest BCUT2D eigenvalue weighted by atomic mass is 10.1. The number of nitrogens with one attached hydrogen (secondary N) is 1. The van der Waals surface area contributed by atoms with E-state index in [0.29, 0.717) is 5.92 Å². The van der Waals surface area contributed by atoms with E-state index in [-0.39, 0.29) is 0 Å². The number of aliphatic imine (C=N–C) groups is 1. The summed E-state index contributed by atoms with van der Waals surface area (Å²) in [6, 6.07) is 12.9. The third kappa shape index (κ3) is 2.95. The van der Waals surface area contributed by atoms with Gasteiger partial charge in [0.1, 0.15) is 0 Å². The number of fused-ring (bicyclic) bond motifs is 1. The number of rotatable bonds is 3. The van der Waals surface area contributed by atoms with Crippen LogP contribution < -0.4 is 10.2 Å². The molecule has 1 atom stereocenters. The standard InChI is InChI=1S/C17H21N3S/c1-13(16-8-5-11-21-16)12-19-17(18-2)20-10-9-14-6-3-4-7-15(14)20/h3-8,11,13H,9-10,12H2,1-2H3,(H,18,19). The van der Waals surface area contributed by atoms with Gasteiger partial charge in [-0.25, -0.2) is 0 Å². The molecule has 1 aromatic heterocycles. The largest absolute Gasteiger partial charge is 0.355 e. The monoisotopic (exact) mass is 299 g/mol. The van der Waals surface area contributed by atoms with Gasteiger partial charge in [0.15, 0.2) is 5.96 Å². The molecule has 0 spiro atoms. The molecule has 1 aromatic carbocycles. The van der Waals surface area contributed by atoms with Crippen molar-refractivity contribution in [2.24, 2.45) is 4.99 Å². The first kappa shape index (κ1) is 14.1. The van der Waals surface area contributed by atoms with Crippen LogP contribution in [0.25, 0.3) is 0 Å². The summed E-state index contributed by atoms with van der Waals surface area (Å²) < 4.78 is 0. The van der Waals surface area contributed by atoms with Crippen LogP contribution in [0.3, 0.4) is 0 Å². The molecule has 0 saturated carbocycles. The van der Waals surface area contributed by atoms with Crippen molar-refractivity contribution < 1.29 is 0 Å². The fourth-order valence-electron chi connectivity index (χ4n) is 2.77. The zero-order chi connectivity index (χ0) is 14.7. The molecule has 110 valence electrons. The first-order valence-corrected chi connectivity index (χ1v) is 8.27. The Bertz CT molecular complexity index is 619. The highest BCUT2D eigenvalue weighted by atomic mass is 32.1. The Hall–Kier alpha value is -1.81. The number of hydrogen-bond acceptors (Lipinski definition) is 2. The molecule has 1 N–H and O–H groups in total. The number of para-hydroxylation sites is 1. The normalized spacial score (nSPS) is 15.9. The van der Waals surface area contributed by atoms with Crippen LogP contribution in [-0.2, 0) is 6.42 Å². The molecule has 0 bridgehead atoms. The van der Waals surface area contributed by atoms with Crippen molar-refractivity contribution in [3.63, 3.8) is 0 Å². The summed E-state index contributed by atoms with van der Waals surface area (Å²) in [5.41, 5.74) is 2.70. The Labute approximate surface area is 130 Å². The van der Waals surface area contributed by atoms with Crippen molar-refractivity contribution in [1.29, 1.82) is 0 Å². The maximum atomic E-state index is 4.46. The number of nitrogens with zero attached hydrogens (tertiary/aromatic N) is 2. The summed E-state index contributed by atoms with van der Waals surface area (Å²) in [5, 5.41) is 5.66. The molecule has 0 amide bonds. The van der Waals surface area contributed by atoms with Crippen LogP contribution in [0, 0.1) is 0 Å². The number of thiophene rings is 1. The molecule has 1 unspecified atom stereocenters. The molecule has 0 aliphatic carbocycles. The Morgan fingerprint density at radius 2 is 2.19 bits per heavy atom. The van der Waals surface area contributed by atoms with Gasteiger partial charge in [0, 0.05) is 36.6 Å². The Balaban J connectivity index is 1.67. The molecule has 1 aliphatic heterocycles. The fourth-order valence-corrected chi connectivity index (χ4v) is 3.56. The second-order valence-electron chi connectivity index (χ2n) is 5.37. The molecule has 2 aromatic rings. The summed E-state index contributed by atoms with van der Waals surface area (Å²) >= 11 is 1.82. The predicted octanol–water partition coefficient (Wildman–Crippen LogP) is 3.49. The Morgan fingerprint density at radius 3 is 2.95 bits per heavy atom. The van der Waals surface area contributed by atoms with E-state index in [2.05, 4.69) is 63.9 Å². The molecule has 3 nitrogen and oxygen atoms in total. The van der Waals surface area contributed by atoms with E-state index >= 15 is 0 Å². The van der Waals surface area contributed by atoms with E-state index in [1.807, 2.05) is 18.4 Å². The van der Waals surface area contributed by atoms with Crippen molar-refractivity contribution in [1.82, 2.24) is 5.32 Å². The van der Waals surface area contributed by atoms with Gasteiger partial charge in [-0.15, -0.1) is 11.3 Å². The number of benzene rings is 1. The molecule has 2 heterocycles.